The molecule has 2 aliphatic heterocycles. The van der Waals surface area contributed by atoms with Crippen LogP contribution in [-0.4, -0.2) is 25.2 Å². The first-order chi connectivity index (χ1) is 4.31. The first kappa shape index (κ1) is 10.1. The van der Waals surface area contributed by atoms with E-state index in [-0.39, 0.29) is 68.9 Å². The maximum Gasteiger partial charge on any atom is 1.00 e. The van der Waals surface area contributed by atoms with Gasteiger partial charge in [-0.2, -0.15) is 0 Å². The molecule has 2 rings (SSSR count). The van der Waals surface area contributed by atoms with Crippen LogP contribution in [-0.2, 0) is 0 Å². The Kier molecular flexibility index (Phi) is 3.81. The van der Waals surface area contributed by atoms with Crippen LogP contribution < -0.4 is 74.2 Å². The first-order valence-corrected chi connectivity index (χ1v) is 3.69. The molecule has 0 aromatic rings. The summed E-state index contributed by atoms with van der Waals surface area (Å²) in [7, 11) is 0. The zero-order chi connectivity index (χ0) is 6.32. The molecule has 2 nitrogen and oxygen atoms in total. The van der Waals surface area contributed by atoms with Gasteiger partial charge in [0.15, 0.2) is 0 Å². The third-order valence-corrected chi connectivity index (χ3v) is 2.71. The van der Waals surface area contributed by atoms with Crippen molar-refractivity contribution >= 4 is 0 Å². The Balaban J connectivity index is 0.000000500. The Hall–Kier alpha value is 1.97. The van der Waals surface area contributed by atoms with Crippen LogP contribution in [0.4, 0.5) is 0 Å². The van der Waals surface area contributed by atoms with Gasteiger partial charge in [-0.05, 0) is 31.3 Å². The SMILES string of the molecule is CC12C[N-]CC1CCN2.[Cs+]. The number of rotatable bonds is 0. The molecule has 1 N–H and O–H groups in total. The number of nitrogens with zero attached hydrogens (tertiary/aromatic N) is 1. The Morgan fingerprint density at radius 1 is 1.60 bits per heavy atom. The van der Waals surface area contributed by atoms with Crippen LogP contribution in [0.3, 0.4) is 0 Å². The third-order valence-electron chi connectivity index (χ3n) is 2.71. The molecule has 2 unspecified atom stereocenters. The van der Waals surface area contributed by atoms with Crippen molar-refractivity contribution in [2.75, 3.05) is 19.6 Å². The second kappa shape index (κ2) is 3.79. The average molecular weight is 258 g/mol. The number of hydrogen-bond acceptors (Lipinski definition) is 1. The second-order valence-electron chi connectivity index (χ2n) is 3.39. The molecule has 0 bridgehead atoms. The van der Waals surface area contributed by atoms with Crippen LogP contribution in [0.2, 0.25) is 0 Å². The van der Waals surface area contributed by atoms with E-state index in [1.807, 2.05) is 0 Å². The van der Waals surface area contributed by atoms with Crippen LogP contribution in [0.25, 0.3) is 5.32 Å². The van der Waals surface area contributed by atoms with Crippen molar-refractivity contribution in [3.8, 4) is 0 Å². The van der Waals surface area contributed by atoms with Gasteiger partial charge in [0.2, 0.25) is 0 Å². The van der Waals surface area contributed by atoms with Gasteiger partial charge in [-0.3, -0.25) is 0 Å². The molecule has 10 heavy (non-hydrogen) atoms. The van der Waals surface area contributed by atoms with Crippen LogP contribution in [0.1, 0.15) is 13.3 Å². The number of hydrogen-bond donors (Lipinski definition) is 1. The fourth-order valence-electron chi connectivity index (χ4n) is 1.93. The summed E-state index contributed by atoms with van der Waals surface area (Å²) in [5.41, 5.74) is 0.389. The largest absolute Gasteiger partial charge is 1.00 e. The van der Waals surface area contributed by atoms with E-state index >= 15 is 0 Å². The molecular weight excluding hydrogens is 245 g/mol. The zero-order valence-corrected chi connectivity index (χ0v) is 13.1. The van der Waals surface area contributed by atoms with Crippen molar-refractivity contribution in [3.63, 3.8) is 0 Å². The topological polar surface area (TPSA) is 26.1 Å². The average Bonchev–Trinajstić information content (AvgIpc) is 2.22. The van der Waals surface area contributed by atoms with Crippen molar-refractivity contribution in [1.29, 1.82) is 0 Å². The Morgan fingerprint density at radius 2 is 2.40 bits per heavy atom. The van der Waals surface area contributed by atoms with E-state index in [1.165, 1.54) is 13.0 Å². The van der Waals surface area contributed by atoms with E-state index in [9.17, 15) is 0 Å². The van der Waals surface area contributed by atoms with E-state index in [0.29, 0.717) is 5.54 Å². The van der Waals surface area contributed by atoms with Gasteiger partial charge in [0, 0.05) is 0 Å². The summed E-state index contributed by atoms with van der Waals surface area (Å²) in [6.45, 7) is 5.64. The molecule has 2 heterocycles. The van der Waals surface area contributed by atoms with Crippen molar-refractivity contribution in [2.45, 2.75) is 18.9 Å². The quantitative estimate of drug-likeness (QED) is 0.522. The monoisotopic (exact) mass is 258 g/mol. The molecule has 2 saturated heterocycles. The van der Waals surface area contributed by atoms with Crippen molar-refractivity contribution in [2.24, 2.45) is 5.92 Å². The fourth-order valence-corrected chi connectivity index (χ4v) is 1.93. The van der Waals surface area contributed by atoms with E-state index in [2.05, 4.69) is 17.6 Å². The van der Waals surface area contributed by atoms with Gasteiger partial charge in [0.05, 0.1) is 0 Å². The van der Waals surface area contributed by atoms with E-state index in [4.69, 9.17) is 0 Å². The van der Waals surface area contributed by atoms with Crippen LogP contribution in [0.5, 0.6) is 0 Å². The Labute approximate surface area is 121 Å². The molecule has 2 aliphatic rings. The van der Waals surface area contributed by atoms with Gasteiger partial charge >= 0.3 is 68.9 Å². The van der Waals surface area contributed by atoms with Crippen molar-refractivity contribution < 1.29 is 68.9 Å². The molecule has 0 aromatic carbocycles. The van der Waals surface area contributed by atoms with E-state index in [1.54, 1.807) is 0 Å². The predicted octanol–water partition coefficient (Wildman–Crippen LogP) is -2.25. The molecule has 0 aliphatic carbocycles. The standard InChI is InChI=1S/C7H13N2.Cs/c1-7-5-8-4-6(7)2-3-9-7;/h6,9H,2-5H2,1H3;/q-1;+1. The molecule has 0 saturated carbocycles. The van der Waals surface area contributed by atoms with Crippen molar-refractivity contribution in [3.05, 3.63) is 5.32 Å². The van der Waals surface area contributed by atoms with Crippen molar-refractivity contribution in [1.82, 2.24) is 5.32 Å². The molecule has 2 atom stereocenters. The minimum absolute atomic E-state index is 0. The molecular formula is C7H13CsN2. The minimum Gasteiger partial charge on any atom is -0.661 e. The summed E-state index contributed by atoms with van der Waals surface area (Å²) in [6, 6.07) is 0. The van der Waals surface area contributed by atoms with Gasteiger partial charge in [-0.25, -0.2) is 0 Å². The maximum absolute atomic E-state index is 4.38. The van der Waals surface area contributed by atoms with Gasteiger partial charge in [0.1, 0.15) is 0 Å². The molecule has 0 aromatic heterocycles. The third kappa shape index (κ3) is 1.66. The summed E-state index contributed by atoms with van der Waals surface area (Å²) in [6.07, 6.45) is 1.33. The smallest absolute Gasteiger partial charge is 0.661 e. The fraction of sp³-hybridized carbons (Fsp3) is 1.00. The minimum atomic E-state index is 0. The van der Waals surface area contributed by atoms with E-state index < -0.39 is 0 Å². The molecule has 52 valence electrons. The summed E-state index contributed by atoms with van der Waals surface area (Å²) >= 11 is 0. The normalized spacial score (nSPS) is 44.7. The maximum atomic E-state index is 4.38. The summed E-state index contributed by atoms with van der Waals surface area (Å²) in [5.74, 6) is 0.845. The summed E-state index contributed by atoms with van der Waals surface area (Å²) in [5, 5.41) is 7.88. The van der Waals surface area contributed by atoms with Crippen LogP contribution in [0, 0.1) is 5.92 Å². The summed E-state index contributed by atoms with van der Waals surface area (Å²) in [4.78, 5) is 0. The molecule has 2 fully saturated rings. The van der Waals surface area contributed by atoms with Gasteiger partial charge in [0.25, 0.3) is 0 Å². The van der Waals surface area contributed by atoms with Crippen LogP contribution in [0.15, 0.2) is 0 Å². The predicted molar refractivity (Wildman–Crippen MR) is 37.6 cm³/mol. The molecule has 3 heteroatoms. The summed E-state index contributed by atoms with van der Waals surface area (Å²) < 4.78 is 0. The molecule has 0 amide bonds. The number of nitrogens with one attached hydrogen (secondary N) is 1. The van der Waals surface area contributed by atoms with Gasteiger partial charge < -0.3 is 10.6 Å². The molecule has 0 radical (unpaired) electrons. The van der Waals surface area contributed by atoms with E-state index in [0.717, 1.165) is 19.0 Å². The first-order valence-electron chi connectivity index (χ1n) is 3.69. The van der Waals surface area contributed by atoms with Gasteiger partial charge in [-0.1, -0.05) is 0 Å². The molecule has 0 spiro atoms. The second-order valence-corrected chi connectivity index (χ2v) is 3.39. The number of fused-ring (bicyclic) bond motifs is 1. The Bertz CT molecular complexity index is 117. The Morgan fingerprint density at radius 3 is 3.10 bits per heavy atom. The van der Waals surface area contributed by atoms with Crippen LogP contribution >= 0.6 is 0 Å². The van der Waals surface area contributed by atoms with Gasteiger partial charge in [-0.15, -0.1) is 13.1 Å². The zero-order valence-electron chi connectivity index (χ0n) is 6.85.